The van der Waals surface area contributed by atoms with Crippen LogP contribution in [0.25, 0.3) is 0 Å². The largest absolute Gasteiger partial charge is 0.378 e. The first kappa shape index (κ1) is 19.0. The third-order valence-corrected chi connectivity index (χ3v) is 3.93. The molecule has 1 atom stereocenters. The minimum Gasteiger partial charge on any atom is -0.378 e. The molecule has 5 nitrogen and oxygen atoms in total. The zero-order valence-electron chi connectivity index (χ0n) is 12.4. The van der Waals surface area contributed by atoms with Crippen LogP contribution in [0.5, 0.6) is 0 Å². The first-order valence-corrected chi connectivity index (χ1v) is 7.24. The predicted molar refractivity (Wildman–Crippen MR) is 92.3 cm³/mol. The van der Waals surface area contributed by atoms with Gasteiger partial charge in [0.05, 0.1) is 13.2 Å². The molecule has 0 radical (unpaired) electrons. The zero-order valence-corrected chi connectivity index (χ0v) is 14.1. The Balaban J connectivity index is 0.00000121. The van der Waals surface area contributed by atoms with E-state index in [1.165, 1.54) is 5.69 Å². The average molecular weight is 348 g/mol. The van der Waals surface area contributed by atoms with Gasteiger partial charge in [0, 0.05) is 38.4 Å². The first-order chi connectivity index (χ1) is 9.84. The van der Waals surface area contributed by atoms with Crippen LogP contribution < -0.4 is 10.2 Å². The van der Waals surface area contributed by atoms with Crippen molar-refractivity contribution in [3.63, 3.8) is 0 Å². The van der Waals surface area contributed by atoms with Crippen molar-refractivity contribution >= 4 is 36.4 Å². The van der Waals surface area contributed by atoms with Crippen LogP contribution in [0.4, 0.5) is 5.69 Å². The lowest BCUT2D eigenvalue weighted by atomic mass is 10.2. The molecule has 1 N–H and O–H groups in total. The highest BCUT2D eigenvalue weighted by molar-refractivity contribution is 5.85. The molecule has 22 heavy (non-hydrogen) atoms. The van der Waals surface area contributed by atoms with Crippen LogP contribution in [0.3, 0.4) is 0 Å². The molecular formula is C15H23Cl2N3O2. The van der Waals surface area contributed by atoms with Crippen molar-refractivity contribution in [2.75, 3.05) is 50.8 Å². The van der Waals surface area contributed by atoms with Crippen LogP contribution >= 0.6 is 24.8 Å². The van der Waals surface area contributed by atoms with Gasteiger partial charge in [-0.15, -0.1) is 24.8 Å². The van der Waals surface area contributed by atoms with Crippen LogP contribution in [-0.4, -0.2) is 62.8 Å². The van der Waals surface area contributed by atoms with E-state index in [2.05, 4.69) is 34.5 Å². The highest BCUT2D eigenvalue weighted by Gasteiger charge is 2.28. The summed E-state index contributed by atoms with van der Waals surface area (Å²) in [5.41, 5.74) is 1.23. The van der Waals surface area contributed by atoms with E-state index >= 15 is 0 Å². The number of amides is 1. The van der Waals surface area contributed by atoms with E-state index in [9.17, 15) is 4.79 Å². The van der Waals surface area contributed by atoms with E-state index in [0.29, 0.717) is 13.2 Å². The molecule has 7 heteroatoms. The van der Waals surface area contributed by atoms with E-state index in [1.54, 1.807) is 0 Å². The number of morpholine rings is 1. The number of rotatable bonds is 2. The van der Waals surface area contributed by atoms with Crippen LogP contribution in [-0.2, 0) is 9.53 Å². The van der Waals surface area contributed by atoms with Gasteiger partial charge in [0.25, 0.3) is 0 Å². The molecule has 0 spiro atoms. The van der Waals surface area contributed by atoms with Crippen molar-refractivity contribution in [2.45, 2.75) is 6.04 Å². The van der Waals surface area contributed by atoms with Gasteiger partial charge >= 0.3 is 0 Å². The minimum absolute atomic E-state index is 0. The Bertz CT molecular complexity index is 447. The van der Waals surface area contributed by atoms with Crippen molar-refractivity contribution in [1.82, 2.24) is 10.2 Å². The Kier molecular flexibility index (Phi) is 7.96. The van der Waals surface area contributed by atoms with Gasteiger partial charge in [-0.1, -0.05) is 18.2 Å². The summed E-state index contributed by atoms with van der Waals surface area (Å²) in [5, 5.41) is 3.23. The number of benzene rings is 1. The number of hydrogen-bond acceptors (Lipinski definition) is 4. The summed E-state index contributed by atoms with van der Waals surface area (Å²) in [6.07, 6.45) is 0. The van der Waals surface area contributed by atoms with Gasteiger partial charge in [-0.3, -0.25) is 4.79 Å². The van der Waals surface area contributed by atoms with Crippen molar-refractivity contribution in [3.05, 3.63) is 30.3 Å². The molecule has 1 unspecified atom stereocenters. The zero-order chi connectivity index (χ0) is 13.8. The highest BCUT2D eigenvalue weighted by atomic mass is 35.5. The second-order valence-corrected chi connectivity index (χ2v) is 5.23. The second kappa shape index (κ2) is 9.20. The molecule has 1 aromatic carbocycles. The van der Waals surface area contributed by atoms with Gasteiger partial charge in [0.1, 0.15) is 6.04 Å². The van der Waals surface area contributed by atoms with E-state index < -0.39 is 0 Å². The molecule has 1 aromatic rings. The quantitative estimate of drug-likeness (QED) is 0.872. The second-order valence-electron chi connectivity index (χ2n) is 5.23. The summed E-state index contributed by atoms with van der Waals surface area (Å²) in [6.45, 7) is 5.31. The van der Waals surface area contributed by atoms with E-state index in [0.717, 1.165) is 32.7 Å². The summed E-state index contributed by atoms with van der Waals surface area (Å²) in [4.78, 5) is 16.6. The molecular weight excluding hydrogens is 325 g/mol. The number of halogens is 2. The standard InChI is InChI=1S/C15H21N3O2.2ClH/c19-15(14-12-20-11-6-16-14)18-9-7-17(8-10-18)13-4-2-1-3-5-13;;/h1-5,14,16H,6-12H2;2*1H. The molecule has 2 fully saturated rings. The lowest BCUT2D eigenvalue weighted by Crippen LogP contribution is -2.57. The van der Waals surface area contributed by atoms with Gasteiger partial charge < -0.3 is 19.9 Å². The van der Waals surface area contributed by atoms with Crippen molar-refractivity contribution in [1.29, 1.82) is 0 Å². The van der Waals surface area contributed by atoms with Crippen molar-refractivity contribution in [2.24, 2.45) is 0 Å². The Morgan fingerprint density at radius 3 is 2.36 bits per heavy atom. The molecule has 0 aliphatic carbocycles. The van der Waals surface area contributed by atoms with Crippen LogP contribution in [0.15, 0.2) is 30.3 Å². The Hall–Kier alpha value is -1.01. The third-order valence-electron chi connectivity index (χ3n) is 3.93. The number of para-hydroxylation sites is 1. The summed E-state index contributed by atoms with van der Waals surface area (Å²) in [5.74, 6) is 0.178. The van der Waals surface area contributed by atoms with Crippen molar-refractivity contribution in [3.8, 4) is 0 Å². The maximum absolute atomic E-state index is 12.4. The SMILES string of the molecule is Cl.Cl.O=C(C1COCCN1)N1CCN(c2ccccc2)CC1. The topological polar surface area (TPSA) is 44.8 Å². The molecule has 0 bridgehead atoms. The molecule has 124 valence electrons. The number of piperazine rings is 1. The minimum atomic E-state index is -0.160. The molecule has 0 saturated carbocycles. The molecule has 2 aliphatic rings. The number of ether oxygens (including phenoxy) is 1. The molecule has 2 aliphatic heterocycles. The molecule has 3 rings (SSSR count). The Morgan fingerprint density at radius 2 is 1.77 bits per heavy atom. The van der Waals surface area contributed by atoms with Crippen LogP contribution in [0.2, 0.25) is 0 Å². The maximum Gasteiger partial charge on any atom is 0.242 e. The lowest BCUT2D eigenvalue weighted by molar-refractivity contribution is -0.136. The first-order valence-electron chi connectivity index (χ1n) is 7.24. The normalized spacial score (nSPS) is 21.5. The molecule has 0 aromatic heterocycles. The number of hydrogen-bond donors (Lipinski definition) is 1. The fourth-order valence-corrected chi connectivity index (χ4v) is 2.77. The van der Waals surface area contributed by atoms with Crippen molar-refractivity contribution < 1.29 is 9.53 Å². The number of nitrogens with one attached hydrogen (secondary N) is 1. The van der Waals surface area contributed by atoms with Gasteiger partial charge in [0.2, 0.25) is 5.91 Å². The van der Waals surface area contributed by atoms with Gasteiger partial charge in [-0.05, 0) is 12.1 Å². The van der Waals surface area contributed by atoms with Crippen LogP contribution in [0.1, 0.15) is 0 Å². The fraction of sp³-hybridized carbons (Fsp3) is 0.533. The molecule has 2 heterocycles. The fourth-order valence-electron chi connectivity index (χ4n) is 2.77. The van der Waals surface area contributed by atoms with E-state index in [1.807, 2.05) is 11.0 Å². The summed E-state index contributed by atoms with van der Waals surface area (Å²) in [6, 6.07) is 10.2. The lowest BCUT2D eigenvalue weighted by Gasteiger charge is -2.38. The Labute approximate surface area is 143 Å². The summed E-state index contributed by atoms with van der Waals surface area (Å²) in [7, 11) is 0. The summed E-state index contributed by atoms with van der Waals surface area (Å²) < 4.78 is 5.36. The van der Waals surface area contributed by atoms with Gasteiger partial charge in [-0.2, -0.15) is 0 Å². The number of anilines is 1. The number of nitrogens with zero attached hydrogens (tertiary/aromatic N) is 2. The number of carbonyl (C=O) groups is 1. The maximum atomic E-state index is 12.4. The summed E-state index contributed by atoms with van der Waals surface area (Å²) >= 11 is 0. The molecule has 2 saturated heterocycles. The van der Waals surface area contributed by atoms with Gasteiger partial charge in [-0.25, -0.2) is 0 Å². The molecule has 1 amide bonds. The van der Waals surface area contributed by atoms with Crippen LogP contribution in [0, 0.1) is 0 Å². The number of carbonyl (C=O) groups excluding carboxylic acids is 1. The monoisotopic (exact) mass is 347 g/mol. The third kappa shape index (κ3) is 4.49. The van der Waals surface area contributed by atoms with E-state index in [-0.39, 0.29) is 36.8 Å². The highest BCUT2D eigenvalue weighted by Crippen LogP contribution is 2.16. The Morgan fingerprint density at radius 1 is 1.09 bits per heavy atom. The average Bonchev–Trinajstić information content (AvgIpc) is 2.56. The predicted octanol–water partition coefficient (Wildman–Crippen LogP) is 1.17. The van der Waals surface area contributed by atoms with E-state index in [4.69, 9.17) is 4.74 Å². The van der Waals surface area contributed by atoms with Gasteiger partial charge in [0.15, 0.2) is 0 Å². The smallest absolute Gasteiger partial charge is 0.242 e.